The van der Waals surface area contributed by atoms with Crippen LogP contribution in [0.2, 0.25) is 5.02 Å². The summed E-state index contributed by atoms with van der Waals surface area (Å²) in [5.41, 5.74) is 2.91. The van der Waals surface area contributed by atoms with Crippen molar-refractivity contribution in [3.8, 4) is 0 Å². The van der Waals surface area contributed by atoms with Gasteiger partial charge in [-0.25, -0.2) is 9.97 Å². The van der Waals surface area contributed by atoms with E-state index in [1.165, 1.54) is 0 Å². The van der Waals surface area contributed by atoms with Gasteiger partial charge >= 0.3 is 5.97 Å². The molecule has 1 N–H and O–H groups in total. The van der Waals surface area contributed by atoms with Crippen molar-refractivity contribution in [2.45, 2.75) is 51.6 Å². The molecular formula is C24H32Cl2N4O3. The molecule has 7 nitrogen and oxygen atoms in total. The van der Waals surface area contributed by atoms with E-state index >= 15 is 0 Å². The molecule has 4 rings (SSSR count). The number of hydrogen-bond donors (Lipinski definition) is 1. The maximum atomic E-state index is 11.9. The molecular weight excluding hydrogens is 463 g/mol. The lowest BCUT2D eigenvalue weighted by Crippen LogP contribution is -2.36. The van der Waals surface area contributed by atoms with Crippen LogP contribution in [0.3, 0.4) is 0 Å². The predicted octanol–water partition coefficient (Wildman–Crippen LogP) is 5.19. The largest absolute Gasteiger partial charge is 0.466 e. The molecule has 2 aliphatic rings. The van der Waals surface area contributed by atoms with Crippen LogP contribution in [-0.4, -0.2) is 48.3 Å². The molecule has 2 aliphatic heterocycles. The van der Waals surface area contributed by atoms with Crippen LogP contribution in [0.25, 0.3) is 0 Å². The first-order chi connectivity index (χ1) is 15.6. The van der Waals surface area contributed by atoms with Crippen LogP contribution in [-0.2, 0) is 20.7 Å². The molecule has 0 spiro atoms. The quantitative estimate of drug-likeness (QED) is 0.506. The fourth-order valence-electron chi connectivity index (χ4n) is 4.33. The minimum absolute atomic E-state index is 0. The van der Waals surface area contributed by atoms with Crippen LogP contribution in [0.4, 0.5) is 17.3 Å². The SMILES string of the molecule is CCOC(=O)C1CCN(c2ccc(Nc3ncc(Cl)c(CC[C@H]4CCCO4)n3)cc2)CC1.Cl. The van der Waals surface area contributed by atoms with Crippen molar-refractivity contribution in [2.75, 3.05) is 36.5 Å². The van der Waals surface area contributed by atoms with E-state index < -0.39 is 0 Å². The number of nitrogens with zero attached hydrogens (tertiary/aromatic N) is 3. The van der Waals surface area contributed by atoms with Crippen molar-refractivity contribution in [1.82, 2.24) is 9.97 Å². The number of ether oxygens (including phenoxy) is 2. The van der Waals surface area contributed by atoms with Crippen LogP contribution < -0.4 is 10.2 Å². The summed E-state index contributed by atoms with van der Waals surface area (Å²) < 4.78 is 10.9. The maximum absolute atomic E-state index is 11.9. The number of aryl methyl sites for hydroxylation is 1. The third-order valence-electron chi connectivity index (χ3n) is 6.15. The van der Waals surface area contributed by atoms with E-state index in [0.29, 0.717) is 23.7 Å². The average molecular weight is 495 g/mol. The van der Waals surface area contributed by atoms with Gasteiger partial charge < -0.3 is 19.7 Å². The number of carbonyl (C=O) groups excluding carboxylic acids is 1. The fraction of sp³-hybridized carbons (Fsp3) is 0.542. The van der Waals surface area contributed by atoms with Crippen LogP contribution in [0, 0.1) is 5.92 Å². The van der Waals surface area contributed by atoms with Crippen molar-refractivity contribution in [3.63, 3.8) is 0 Å². The second-order valence-corrected chi connectivity index (χ2v) is 8.75. The minimum Gasteiger partial charge on any atom is -0.466 e. The molecule has 0 bridgehead atoms. The van der Waals surface area contributed by atoms with Crippen molar-refractivity contribution in [3.05, 3.63) is 41.2 Å². The number of aromatic nitrogens is 2. The van der Waals surface area contributed by atoms with Gasteiger partial charge in [-0.1, -0.05) is 11.6 Å². The van der Waals surface area contributed by atoms with Gasteiger partial charge in [-0.15, -0.1) is 12.4 Å². The summed E-state index contributed by atoms with van der Waals surface area (Å²) in [5.74, 6) is 0.494. The highest BCUT2D eigenvalue weighted by atomic mass is 35.5. The lowest BCUT2D eigenvalue weighted by molar-refractivity contribution is -0.148. The zero-order chi connectivity index (χ0) is 22.3. The lowest BCUT2D eigenvalue weighted by atomic mass is 9.96. The highest BCUT2D eigenvalue weighted by Crippen LogP contribution is 2.27. The third-order valence-corrected chi connectivity index (χ3v) is 6.46. The van der Waals surface area contributed by atoms with E-state index in [1.54, 1.807) is 6.20 Å². The van der Waals surface area contributed by atoms with Gasteiger partial charge in [-0.3, -0.25) is 4.79 Å². The van der Waals surface area contributed by atoms with Crippen LogP contribution in [0.1, 0.15) is 44.7 Å². The number of benzene rings is 1. The van der Waals surface area contributed by atoms with Gasteiger partial charge in [0, 0.05) is 31.1 Å². The topological polar surface area (TPSA) is 76.6 Å². The summed E-state index contributed by atoms with van der Waals surface area (Å²) >= 11 is 6.31. The Labute approximate surface area is 206 Å². The second kappa shape index (κ2) is 12.4. The van der Waals surface area contributed by atoms with E-state index in [9.17, 15) is 4.79 Å². The number of hydrogen-bond acceptors (Lipinski definition) is 7. The molecule has 1 aromatic heterocycles. The molecule has 1 atom stereocenters. The minimum atomic E-state index is -0.0650. The van der Waals surface area contributed by atoms with Gasteiger partial charge in [0.05, 0.1) is 35.5 Å². The summed E-state index contributed by atoms with van der Waals surface area (Å²) in [6.07, 6.45) is 7.57. The first kappa shape index (κ1) is 25.5. The van der Waals surface area contributed by atoms with Crippen LogP contribution >= 0.6 is 24.0 Å². The Kier molecular flexibility index (Phi) is 9.59. The summed E-state index contributed by atoms with van der Waals surface area (Å²) in [6, 6.07) is 8.22. The second-order valence-electron chi connectivity index (χ2n) is 8.35. The first-order valence-corrected chi connectivity index (χ1v) is 11.9. The molecule has 180 valence electrons. The van der Waals surface area contributed by atoms with E-state index in [0.717, 1.165) is 75.3 Å². The van der Waals surface area contributed by atoms with E-state index in [1.807, 2.05) is 19.1 Å². The summed E-state index contributed by atoms with van der Waals surface area (Å²) in [7, 11) is 0. The van der Waals surface area contributed by atoms with Crippen molar-refractivity contribution in [2.24, 2.45) is 5.92 Å². The Hall–Kier alpha value is -2.09. The Morgan fingerprint density at radius 3 is 2.67 bits per heavy atom. The van der Waals surface area contributed by atoms with E-state index in [-0.39, 0.29) is 24.3 Å². The highest BCUT2D eigenvalue weighted by molar-refractivity contribution is 6.31. The van der Waals surface area contributed by atoms with Gasteiger partial charge in [0.25, 0.3) is 0 Å². The molecule has 9 heteroatoms. The fourth-order valence-corrected chi connectivity index (χ4v) is 4.51. The number of piperidine rings is 1. The number of esters is 1. The molecule has 0 aliphatic carbocycles. The Morgan fingerprint density at radius 2 is 2.00 bits per heavy atom. The molecule has 0 radical (unpaired) electrons. The van der Waals surface area contributed by atoms with Gasteiger partial charge in [-0.2, -0.15) is 0 Å². The van der Waals surface area contributed by atoms with Crippen LogP contribution in [0.15, 0.2) is 30.5 Å². The van der Waals surface area contributed by atoms with E-state index in [4.69, 9.17) is 21.1 Å². The number of rotatable bonds is 8. The van der Waals surface area contributed by atoms with Gasteiger partial charge in [-0.05, 0) is 69.7 Å². The molecule has 2 aromatic rings. The number of halogens is 2. The molecule has 0 unspecified atom stereocenters. The van der Waals surface area contributed by atoms with Crippen molar-refractivity contribution < 1.29 is 14.3 Å². The standard InChI is InChI=1S/C24H31ClN4O3.ClH/c1-2-31-23(30)17-11-13-29(14-12-17)19-7-5-18(6-8-19)27-24-26-16-21(25)22(28-24)10-9-20-4-3-15-32-20;/h5-8,16-17,20H,2-4,9-15H2,1H3,(H,26,27,28);1H/t20-;/m1./s1. The van der Waals surface area contributed by atoms with Gasteiger partial charge in [0.1, 0.15) is 0 Å². The summed E-state index contributed by atoms with van der Waals surface area (Å²) in [6.45, 7) is 4.86. The zero-order valence-corrected chi connectivity index (χ0v) is 20.5. The van der Waals surface area contributed by atoms with Crippen molar-refractivity contribution in [1.29, 1.82) is 0 Å². The third kappa shape index (κ3) is 6.95. The Morgan fingerprint density at radius 1 is 1.24 bits per heavy atom. The Bertz CT molecular complexity index is 899. The monoisotopic (exact) mass is 494 g/mol. The number of carbonyl (C=O) groups is 1. The molecule has 2 fully saturated rings. The lowest BCUT2D eigenvalue weighted by Gasteiger charge is -2.32. The molecule has 0 amide bonds. The number of anilines is 3. The molecule has 1 aromatic carbocycles. The molecule has 3 heterocycles. The van der Waals surface area contributed by atoms with Gasteiger partial charge in [0.2, 0.25) is 5.95 Å². The Balaban J connectivity index is 0.00000306. The average Bonchev–Trinajstić information content (AvgIpc) is 3.34. The first-order valence-electron chi connectivity index (χ1n) is 11.5. The van der Waals surface area contributed by atoms with Crippen LogP contribution in [0.5, 0.6) is 0 Å². The molecule has 2 saturated heterocycles. The smallest absolute Gasteiger partial charge is 0.309 e. The summed E-state index contributed by atoms with van der Waals surface area (Å²) in [5, 5.41) is 3.87. The van der Waals surface area contributed by atoms with E-state index in [2.05, 4.69) is 32.3 Å². The predicted molar refractivity (Wildman–Crippen MR) is 133 cm³/mol. The normalized spacial score (nSPS) is 18.6. The molecule has 33 heavy (non-hydrogen) atoms. The van der Waals surface area contributed by atoms with Crippen molar-refractivity contribution >= 4 is 47.3 Å². The molecule has 0 saturated carbocycles. The zero-order valence-electron chi connectivity index (χ0n) is 19.0. The van der Waals surface area contributed by atoms with Gasteiger partial charge in [0.15, 0.2) is 0 Å². The number of nitrogens with one attached hydrogen (secondary N) is 1. The summed E-state index contributed by atoms with van der Waals surface area (Å²) in [4.78, 5) is 23.2. The highest BCUT2D eigenvalue weighted by Gasteiger charge is 2.26. The maximum Gasteiger partial charge on any atom is 0.309 e.